The van der Waals surface area contributed by atoms with E-state index < -0.39 is 0 Å². The van der Waals surface area contributed by atoms with Gasteiger partial charge in [-0.3, -0.25) is 9.69 Å². The Bertz CT molecular complexity index is 580. The first kappa shape index (κ1) is 15.2. The number of aromatic nitrogens is 2. The van der Waals surface area contributed by atoms with Crippen LogP contribution >= 0.6 is 0 Å². The monoisotopic (exact) mass is 288 g/mol. The first-order valence-corrected chi connectivity index (χ1v) is 6.90. The van der Waals surface area contributed by atoms with Gasteiger partial charge in [-0.2, -0.15) is 4.98 Å². The van der Waals surface area contributed by atoms with Crippen LogP contribution in [0.4, 0.5) is 0 Å². The zero-order valence-corrected chi connectivity index (χ0v) is 12.5. The van der Waals surface area contributed by atoms with Crippen LogP contribution in [0.3, 0.4) is 0 Å². The summed E-state index contributed by atoms with van der Waals surface area (Å²) in [6.45, 7) is 4.59. The van der Waals surface area contributed by atoms with Crippen molar-refractivity contribution < 1.29 is 9.32 Å². The Morgan fingerprint density at radius 3 is 2.71 bits per heavy atom. The van der Waals surface area contributed by atoms with Crippen molar-refractivity contribution in [3.05, 3.63) is 36.2 Å². The number of hydrogen-bond acceptors (Lipinski definition) is 5. The lowest BCUT2D eigenvalue weighted by Crippen LogP contribution is -2.38. The van der Waals surface area contributed by atoms with Crippen molar-refractivity contribution in [2.75, 3.05) is 13.6 Å². The molecule has 0 radical (unpaired) electrons. The molecule has 0 aliphatic carbocycles. The van der Waals surface area contributed by atoms with E-state index in [1.54, 1.807) is 0 Å². The number of likely N-dealkylation sites (N-methyl/N-ethyl adjacent to an activating group) is 1. The highest BCUT2D eigenvalue weighted by Gasteiger charge is 2.13. The second-order valence-electron chi connectivity index (χ2n) is 5.27. The van der Waals surface area contributed by atoms with E-state index in [9.17, 15) is 4.79 Å². The van der Waals surface area contributed by atoms with Gasteiger partial charge in [0.05, 0.1) is 13.1 Å². The number of benzene rings is 1. The molecule has 0 unspecified atom stereocenters. The lowest BCUT2D eigenvalue weighted by molar-refractivity contribution is -0.122. The molecule has 0 aliphatic heterocycles. The molecule has 2 rings (SSSR count). The van der Waals surface area contributed by atoms with Gasteiger partial charge in [0.2, 0.25) is 17.6 Å². The van der Waals surface area contributed by atoms with Crippen LogP contribution in [-0.4, -0.2) is 40.6 Å². The Balaban J connectivity index is 1.92. The van der Waals surface area contributed by atoms with E-state index in [1.165, 1.54) is 0 Å². The van der Waals surface area contributed by atoms with Crippen molar-refractivity contribution >= 4 is 5.91 Å². The highest BCUT2D eigenvalue weighted by Crippen LogP contribution is 2.15. The molecule has 1 heterocycles. The smallest absolute Gasteiger partial charge is 0.241 e. The summed E-state index contributed by atoms with van der Waals surface area (Å²) in [5.74, 6) is 1.04. The summed E-state index contributed by atoms with van der Waals surface area (Å²) in [5, 5.41) is 6.80. The summed E-state index contributed by atoms with van der Waals surface area (Å²) in [5.41, 5.74) is 0.910. The first-order chi connectivity index (χ1) is 10.0. The number of nitrogens with one attached hydrogen (secondary N) is 1. The molecule has 21 heavy (non-hydrogen) atoms. The van der Waals surface area contributed by atoms with Crippen molar-refractivity contribution in [1.82, 2.24) is 20.4 Å². The van der Waals surface area contributed by atoms with E-state index >= 15 is 0 Å². The van der Waals surface area contributed by atoms with Gasteiger partial charge >= 0.3 is 0 Å². The maximum Gasteiger partial charge on any atom is 0.241 e. The van der Waals surface area contributed by atoms with Crippen molar-refractivity contribution in [2.45, 2.75) is 26.4 Å². The number of hydrogen-bond donors (Lipinski definition) is 1. The van der Waals surface area contributed by atoms with E-state index in [-0.39, 0.29) is 11.9 Å². The topological polar surface area (TPSA) is 71.3 Å². The first-order valence-electron chi connectivity index (χ1n) is 6.90. The van der Waals surface area contributed by atoms with Gasteiger partial charge in [-0.15, -0.1) is 0 Å². The molecule has 6 heteroatoms. The third-order valence-electron chi connectivity index (χ3n) is 2.77. The molecule has 6 nitrogen and oxygen atoms in total. The molecule has 0 spiro atoms. The van der Waals surface area contributed by atoms with E-state index in [4.69, 9.17) is 4.52 Å². The van der Waals surface area contributed by atoms with Crippen molar-refractivity contribution in [3.63, 3.8) is 0 Å². The minimum atomic E-state index is -0.0182. The molecule has 0 atom stereocenters. The average Bonchev–Trinajstić information content (AvgIpc) is 2.86. The molecule has 1 N–H and O–H groups in total. The Morgan fingerprint density at radius 1 is 1.33 bits per heavy atom. The van der Waals surface area contributed by atoms with Gasteiger partial charge in [0.1, 0.15) is 0 Å². The van der Waals surface area contributed by atoms with Crippen LogP contribution in [0.5, 0.6) is 0 Å². The number of nitrogens with zero attached hydrogens (tertiary/aromatic N) is 3. The van der Waals surface area contributed by atoms with Crippen molar-refractivity contribution in [3.8, 4) is 11.4 Å². The lowest BCUT2D eigenvalue weighted by Gasteiger charge is -2.15. The summed E-state index contributed by atoms with van der Waals surface area (Å²) in [4.78, 5) is 17.8. The molecule has 112 valence electrons. The maximum absolute atomic E-state index is 11.7. The van der Waals surface area contributed by atoms with E-state index in [2.05, 4.69) is 15.5 Å². The SMILES string of the molecule is CC(C)NC(=O)CN(C)Cc1nc(-c2ccccc2)no1. The summed E-state index contributed by atoms with van der Waals surface area (Å²) >= 11 is 0. The number of carbonyl (C=O) groups is 1. The van der Waals surface area contributed by atoms with Gasteiger partial charge in [-0.1, -0.05) is 35.5 Å². The van der Waals surface area contributed by atoms with Gasteiger partial charge in [0.25, 0.3) is 0 Å². The van der Waals surface area contributed by atoms with Gasteiger partial charge in [-0.05, 0) is 20.9 Å². The zero-order valence-electron chi connectivity index (χ0n) is 12.5. The molecule has 1 aromatic carbocycles. The lowest BCUT2D eigenvalue weighted by atomic mass is 10.2. The predicted octanol–water partition coefficient (Wildman–Crippen LogP) is 1.69. The molecule has 0 saturated carbocycles. The Kier molecular flexibility index (Phi) is 5.05. The fourth-order valence-corrected chi connectivity index (χ4v) is 1.92. The standard InChI is InChI=1S/C15H20N4O2/c1-11(2)16-13(20)9-19(3)10-14-17-15(18-21-14)12-7-5-4-6-8-12/h4-8,11H,9-10H2,1-3H3,(H,16,20). The Labute approximate surface area is 124 Å². The normalized spacial score (nSPS) is 11.1. The summed E-state index contributed by atoms with van der Waals surface area (Å²) in [6, 6.07) is 9.77. The van der Waals surface area contributed by atoms with Gasteiger partial charge in [-0.25, -0.2) is 0 Å². The van der Waals surface area contributed by atoms with Crippen molar-refractivity contribution in [1.29, 1.82) is 0 Å². The van der Waals surface area contributed by atoms with Crippen molar-refractivity contribution in [2.24, 2.45) is 0 Å². The quantitative estimate of drug-likeness (QED) is 0.876. The molecular weight excluding hydrogens is 268 g/mol. The molecule has 0 saturated heterocycles. The average molecular weight is 288 g/mol. The fraction of sp³-hybridized carbons (Fsp3) is 0.400. The highest BCUT2D eigenvalue weighted by atomic mass is 16.5. The predicted molar refractivity (Wildman–Crippen MR) is 79.3 cm³/mol. The van der Waals surface area contributed by atoms with Gasteiger partial charge in [0.15, 0.2) is 0 Å². The van der Waals surface area contributed by atoms with Crippen LogP contribution in [0.25, 0.3) is 11.4 Å². The van der Waals surface area contributed by atoms with E-state index in [0.29, 0.717) is 24.8 Å². The van der Waals surface area contributed by atoms with Crippen LogP contribution in [0.1, 0.15) is 19.7 Å². The minimum Gasteiger partial charge on any atom is -0.353 e. The number of amides is 1. The maximum atomic E-state index is 11.7. The number of carbonyl (C=O) groups excluding carboxylic acids is 1. The van der Waals surface area contributed by atoms with Gasteiger partial charge in [0, 0.05) is 11.6 Å². The second-order valence-corrected chi connectivity index (χ2v) is 5.27. The summed E-state index contributed by atoms with van der Waals surface area (Å²) < 4.78 is 5.22. The third-order valence-corrected chi connectivity index (χ3v) is 2.77. The molecule has 0 aliphatic rings. The Morgan fingerprint density at radius 2 is 2.05 bits per heavy atom. The minimum absolute atomic E-state index is 0.0182. The van der Waals surface area contributed by atoms with E-state index in [0.717, 1.165) is 5.56 Å². The van der Waals surface area contributed by atoms with Crippen LogP contribution in [-0.2, 0) is 11.3 Å². The molecule has 0 bridgehead atoms. The molecule has 0 fully saturated rings. The van der Waals surface area contributed by atoms with Crippen LogP contribution in [0.2, 0.25) is 0 Å². The zero-order chi connectivity index (χ0) is 15.2. The fourth-order valence-electron chi connectivity index (χ4n) is 1.92. The van der Waals surface area contributed by atoms with Crippen LogP contribution in [0.15, 0.2) is 34.9 Å². The molecule has 2 aromatic rings. The summed E-state index contributed by atoms with van der Waals surface area (Å²) in [7, 11) is 1.84. The third kappa shape index (κ3) is 4.68. The summed E-state index contributed by atoms with van der Waals surface area (Å²) in [6.07, 6.45) is 0. The largest absolute Gasteiger partial charge is 0.353 e. The Hall–Kier alpha value is -2.21. The van der Waals surface area contributed by atoms with Crippen LogP contribution < -0.4 is 5.32 Å². The van der Waals surface area contributed by atoms with Gasteiger partial charge < -0.3 is 9.84 Å². The number of rotatable bonds is 6. The second kappa shape index (κ2) is 6.99. The molecule has 1 amide bonds. The van der Waals surface area contributed by atoms with Crippen LogP contribution in [0, 0.1) is 0 Å². The molecule has 1 aromatic heterocycles. The molecular formula is C15H20N4O2. The van der Waals surface area contributed by atoms with E-state index in [1.807, 2.05) is 56.1 Å². The highest BCUT2D eigenvalue weighted by molar-refractivity contribution is 5.78.